The van der Waals surface area contributed by atoms with Crippen LogP contribution >= 0.6 is 11.8 Å². The molecular formula is C13H17N5OS. The van der Waals surface area contributed by atoms with Crippen LogP contribution in [0.4, 0.5) is 0 Å². The van der Waals surface area contributed by atoms with Crippen LogP contribution in [0.1, 0.15) is 24.7 Å². The first-order valence-corrected chi connectivity index (χ1v) is 7.23. The van der Waals surface area contributed by atoms with E-state index in [9.17, 15) is 4.79 Å². The van der Waals surface area contributed by atoms with Crippen molar-refractivity contribution in [1.82, 2.24) is 20.2 Å². The lowest BCUT2D eigenvalue weighted by molar-refractivity contribution is -0.117. The first-order chi connectivity index (χ1) is 9.58. The van der Waals surface area contributed by atoms with Crippen LogP contribution in [0, 0.1) is 5.92 Å². The molecule has 0 bridgehead atoms. The number of nitrogens with two attached hydrogens (primary N) is 1. The van der Waals surface area contributed by atoms with E-state index < -0.39 is 11.2 Å². The molecule has 1 amide bonds. The van der Waals surface area contributed by atoms with E-state index in [1.165, 1.54) is 11.8 Å². The molecule has 0 unspecified atom stereocenters. The van der Waals surface area contributed by atoms with Gasteiger partial charge in [-0.15, -0.1) is 5.10 Å². The van der Waals surface area contributed by atoms with E-state index in [1.54, 1.807) is 4.68 Å². The summed E-state index contributed by atoms with van der Waals surface area (Å²) < 4.78 is 1.70. The molecule has 1 atom stereocenters. The van der Waals surface area contributed by atoms with Gasteiger partial charge in [0, 0.05) is 6.54 Å². The van der Waals surface area contributed by atoms with Crippen molar-refractivity contribution in [3.05, 3.63) is 35.9 Å². The van der Waals surface area contributed by atoms with Crippen LogP contribution in [0.3, 0.4) is 0 Å². The smallest absolute Gasteiger partial charge is 0.235 e. The Morgan fingerprint density at radius 2 is 2.05 bits per heavy atom. The van der Waals surface area contributed by atoms with E-state index in [0.29, 0.717) is 17.6 Å². The molecule has 0 aliphatic carbocycles. The van der Waals surface area contributed by atoms with Crippen LogP contribution < -0.4 is 5.73 Å². The lowest BCUT2D eigenvalue weighted by atomic mass is 10.1. The standard InChI is InChI=1S/C13H17N5OS/c1-9(2)8-18-13(15-16-17-18)20-11(12(14)19)10-6-4-3-5-7-10/h3-7,9,11H,8H2,1-2H3,(H2,14,19)/t11-/m1/s1. The minimum absolute atomic E-state index is 0.403. The van der Waals surface area contributed by atoms with Gasteiger partial charge in [0.25, 0.3) is 0 Å². The maximum absolute atomic E-state index is 11.7. The number of tetrazole rings is 1. The first kappa shape index (κ1) is 14.5. The van der Waals surface area contributed by atoms with E-state index in [1.807, 2.05) is 30.3 Å². The number of aromatic nitrogens is 4. The molecule has 0 aliphatic rings. The van der Waals surface area contributed by atoms with Crippen molar-refractivity contribution in [2.45, 2.75) is 30.8 Å². The fourth-order valence-electron chi connectivity index (χ4n) is 1.76. The van der Waals surface area contributed by atoms with E-state index in [2.05, 4.69) is 29.4 Å². The number of hydrogen-bond donors (Lipinski definition) is 1. The summed E-state index contributed by atoms with van der Waals surface area (Å²) in [5, 5.41) is 11.7. The molecule has 106 valence electrons. The van der Waals surface area contributed by atoms with E-state index in [-0.39, 0.29) is 0 Å². The number of thioether (sulfide) groups is 1. The Balaban J connectivity index is 2.21. The van der Waals surface area contributed by atoms with Crippen molar-refractivity contribution in [3.8, 4) is 0 Å². The predicted octanol–water partition coefficient (Wildman–Crippen LogP) is 1.65. The Hall–Kier alpha value is -1.89. The highest BCUT2D eigenvalue weighted by Gasteiger charge is 2.22. The monoisotopic (exact) mass is 291 g/mol. The molecular weight excluding hydrogens is 274 g/mol. The van der Waals surface area contributed by atoms with Gasteiger partial charge in [-0.05, 0) is 21.9 Å². The maximum Gasteiger partial charge on any atom is 0.235 e. The normalized spacial score (nSPS) is 12.6. The summed E-state index contributed by atoms with van der Waals surface area (Å²) in [7, 11) is 0. The quantitative estimate of drug-likeness (QED) is 0.818. The third-order valence-electron chi connectivity index (χ3n) is 2.62. The number of carbonyl (C=O) groups is 1. The maximum atomic E-state index is 11.7. The molecule has 0 fully saturated rings. The summed E-state index contributed by atoms with van der Waals surface area (Å²) >= 11 is 1.28. The Kier molecular flexibility index (Phi) is 4.73. The minimum Gasteiger partial charge on any atom is -0.368 e. The molecule has 2 rings (SSSR count). The van der Waals surface area contributed by atoms with Crippen molar-refractivity contribution in [3.63, 3.8) is 0 Å². The average molecular weight is 291 g/mol. The highest BCUT2D eigenvalue weighted by atomic mass is 32.2. The summed E-state index contributed by atoms with van der Waals surface area (Å²) in [6, 6.07) is 9.40. The zero-order chi connectivity index (χ0) is 14.5. The van der Waals surface area contributed by atoms with Crippen molar-refractivity contribution in [1.29, 1.82) is 0 Å². The molecule has 1 heterocycles. The fourth-order valence-corrected chi connectivity index (χ4v) is 2.70. The van der Waals surface area contributed by atoms with E-state index in [0.717, 1.165) is 5.56 Å². The predicted molar refractivity (Wildman–Crippen MR) is 76.9 cm³/mol. The number of rotatable bonds is 6. The highest BCUT2D eigenvalue weighted by Crippen LogP contribution is 2.33. The van der Waals surface area contributed by atoms with Crippen LogP contribution in [0.5, 0.6) is 0 Å². The van der Waals surface area contributed by atoms with Gasteiger partial charge < -0.3 is 5.73 Å². The molecule has 0 radical (unpaired) electrons. The summed E-state index contributed by atoms with van der Waals surface area (Å²) in [4.78, 5) is 11.7. The molecule has 0 saturated heterocycles. The topological polar surface area (TPSA) is 86.7 Å². The minimum atomic E-state index is -0.492. The molecule has 1 aromatic heterocycles. The lowest BCUT2D eigenvalue weighted by Gasteiger charge is -2.13. The zero-order valence-corrected chi connectivity index (χ0v) is 12.2. The highest BCUT2D eigenvalue weighted by molar-refractivity contribution is 8.00. The number of carbonyl (C=O) groups excluding carboxylic acids is 1. The third-order valence-corrected chi connectivity index (χ3v) is 3.86. The number of primary amides is 1. The Morgan fingerprint density at radius 1 is 1.35 bits per heavy atom. The van der Waals surface area contributed by atoms with Crippen LogP contribution in [-0.4, -0.2) is 26.1 Å². The molecule has 1 aromatic carbocycles. The van der Waals surface area contributed by atoms with Crippen molar-refractivity contribution in [2.24, 2.45) is 11.7 Å². The number of amides is 1. The summed E-state index contributed by atoms with van der Waals surface area (Å²) in [6.07, 6.45) is 0. The number of benzene rings is 1. The van der Waals surface area contributed by atoms with Gasteiger partial charge in [0.2, 0.25) is 11.1 Å². The molecule has 0 aliphatic heterocycles. The van der Waals surface area contributed by atoms with Crippen LogP contribution in [0.2, 0.25) is 0 Å². The molecule has 2 N–H and O–H groups in total. The largest absolute Gasteiger partial charge is 0.368 e. The summed E-state index contributed by atoms with van der Waals surface area (Å²) in [5.41, 5.74) is 6.35. The second-order valence-electron chi connectivity index (χ2n) is 4.85. The van der Waals surface area contributed by atoms with Crippen molar-refractivity contribution >= 4 is 17.7 Å². The van der Waals surface area contributed by atoms with Gasteiger partial charge in [0.1, 0.15) is 5.25 Å². The van der Waals surface area contributed by atoms with Crippen LogP contribution in [-0.2, 0) is 11.3 Å². The van der Waals surface area contributed by atoms with Crippen LogP contribution in [0.25, 0.3) is 0 Å². The Labute approximate surface area is 121 Å². The van der Waals surface area contributed by atoms with E-state index >= 15 is 0 Å². The summed E-state index contributed by atoms with van der Waals surface area (Å²) in [5.74, 6) is 0.0156. The molecule has 0 spiro atoms. The van der Waals surface area contributed by atoms with Gasteiger partial charge in [0.05, 0.1) is 0 Å². The molecule has 20 heavy (non-hydrogen) atoms. The number of hydrogen-bond acceptors (Lipinski definition) is 5. The number of nitrogens with zero attached hydrogens (tertiary/aromatic N) is 4. The van der Waals surface area contributed by atoms with Gasteiger partial charge in [-0.1, -0.05) is 55.9 Å². The van der Waals surface area contributed by atoms with Gasteiger partial charge in [-0.3, -0.25) is 4.79 Å². The second kappa shape index (κ2) is 6.51. The van der Waals surface area contributed by atoms with Gasteiger partial charge >= 0.3 is 0 Å². The zero-order valence-electron chi connectivity index (χ0n) is 11.4. The Bertz CT molecular complexity index is 569. The second-order valence-corrected chi connectivity index (χ2v) is 5.92. The first-order valence-electron chi connectivity index (χ1n) is 6.35. The third kappa shape index (κ3) is 3.57. The average Bonchev–Trinajstić information content (AvgIpc) is 2.83. The molecule has 6 nitrogen and oxygen atoms in total. The van der Waals surface area contributed by atoms with E-state index in [4.69, 9.17) is 5.73 Å². The Morgan fingerprint density at radius 3 is 2.65 bits per heavy atom. The molecule has 7 heteroatoms. The van der Waals surface area contributed by atoms with Crippen molar-refractivity contribution in [2.75, 3.05) is 0 Å². The van der Waals surface area contributed by atoms with Gasteiger partial charge in [0.15, 0.2) is 0 Å². The van der Waals surface area contributed by atoms with Gasteiger partial charge in [-0.25, -0.2) is 4.68 Å². The van der Waals surface area contributed by atoms with Gasteiger partial charge in [-0.2, -0.15) is 0 Å². The van der Waals surface area contributed by atoms with Crippen LogP contribution in [0.15, 0.2) is 35.5 Å². The van der Waals surface area contributed by atoms with Crippen molar-refractivity contribution < 1.29 is 4.79 Å². The molecule has 2 aromatic rings. The lowest BCUT2D eigenvalue weighted by Crippen LogP contribution is -2.19. The SMILES string of the molecule is CC(C)Cn1nnnc1S[C@@H](C(N)=O)c1ccccc1. The summed E-state index contributed by atoms with van der Waals surface area (Å²) in [6.45, 7) is 4.87. The fraction of sp³-hybridized carbons (Fsp3) is 0.385. The molecule has 0 saturated carbocycles.